The number of nitrogens with zero attached hydrogens (tertiary/aromatic N) is 1. The van der Waals surface area contributed by atoms with Crippen LogP contribution in [0.15, 0.2) is 0 Å². The van der Waals surface area contributed by atoms with Gasteiger partial charge in [-0.25, -0.2) is 4.79 Å². The van der Waals surface area contributed by atoms with Gasteiger partial charge < -0.3 is 29.9 Å². The Balaban J connectivity index is 2.33. The van der Waals surface area contributed by atoms with Crippen molar-refractivity contribution in [3.05, 3.63) is 0 Å². The van der Waals surface area contributed by atoms with Crippen LogP contribution in [0, 0.1) is 0 Å². The van der Waals surface area contributed by atoms with E-state index in [1.807, 2.05) is 6.92 Å². The summed E-state index contributed by atoms with van der Waals surface area (Å²) in [6.45, 7) is 6.18. The average molecular weight is 672 g/mol. The first-order chi connectivity index (χ1) is 22.9. The number of hydrogen-bond acceptors (Lipinski definition) is 7. The van der Waals surface area contributed by atoms with E-state index in [4.69, 9.17) is 9.47 Å². The van der Waals surface area contributed by atoms with E-state index in [2.05, 4.69) is 13.8 Å². The first-order valence-corrected chi connectivity index (χ1v) is 20.1. The molecule has 47 heavy (non-hydrogen) atoms. The fraction of sp³-hybridized carbons (Fsp3) is 0.974. The molecule has 0 aromatic carbocycles. The Hall–Kier alpha value is -0.930. The van der Waals surface area contributed by atoms with Gasteiger partial charge in [0, 0.05) is 6.54 Å². The number of unbranched alkanes of at least 4 members (excludes halogenated alkanes) is 24. The van der Waals surface area contributed by atoms with Crippen LogP contribution in [0.3, 0.4) is 0 Å². The summed E-state index contributed by atoms with van der Waals surface area (Å²) >= 11 is 0. The lowest BCUT2D eigenvalue weighted by Crippen LogP contribution is -2.64. The molecule has 0 saturated carbocycles. The molecule has 0 spiro atoms. The van der Waals surface area contributed by atoms with Crippen LogP contribution in [-0.2, 0) is 9.47 Å². The number of ether oxygens (including phenoxy) is 2. The highest BCUT2D eigenvalue weighted by Crippen LogP contribution is 2.26. The molecule has 0 aromatic heterocycles. The monoisotopic (exact) mass is 672 g/mol. The Morgan fingerprint density at radius 1 is 0.596 bits per heavy atom. The zero-order valence-corrected chi connectivity index (χ0v) is 30.9. The molecule has 8 nitrogen and oxygen atoms in total. The molecule has 1 fully saturated rings. The predicted octanol–water partition coefficient (Wildman–Crippen LogP) is 9.19. The van der Waals surface area contributed by atoms with Gasteiger partial charge in [0.1, 0.15) is 30.5 Å². The van der Waals surface area contributed by atoms with Gasteiger partial charge in [0.25, 0.3) is 0 Å². The summed E-state index contributed by atoms with van der Waals surface area (Å²) in [6.07, 6.45) is 25.7. The second kappa shape index (κ2) is 29.9. The highest BCUT2D eigenvalue weighted by atomic mass is 16.6. The smallest absolute Gasteiger partial charge is 0.412 e. The van der Waals surface area contributed by atoms with E-state index >= 15 is 0 Å². The molecule has 1 rings (SSSR count). The Bertz CT molecular complexity index is 709. The highest BCUT2D eigenvalue weighted by Gasteiger charge is 2.47. The number of aliphatic hydroxyl groups is 4. The lowest BCUT2D eigenvalue weighted by atomic mass is 9.97. The molecule has 0 bridgehead atoms. The van der Waals surface area contributed by atoms with Gasteiger partial charge in [0.2, 0.25) is 0 Å². The largest absolute Gasteiger partial charge is 0.446 e. The number of aliphatic hydroxyl groups excluding tert-OH is 4. The van der Waals surface area contributed by atoms with Crippen LogP contribution in [0.25, 0.3) is 0 Å². The van der Waals surface area contributed by atoms with Gasteiger partial charge in [-0.1, -0.05) is 168 Å². The fourth-order valence-electron chi connectivity index (χ4n) is 6.71. The quantitative estimate of drug-likeness (QED) is 0.0543. The average Bonchev–Trinajstić information content (AvgIpc) is 3.06. The normalized spacial score (nSPS) is 22.0. The van der Waals surface area contributed by atoms with Gasteiger partial charge in [-0.05, 0) is 26.2 Å². The van der Waals surface area contributed by atoms with Crippen molar-refractivity contribution in [1.82, 2.24) is 4.90 Å². The molecule has 8 heteroatoms. The molecule has 1 aliphatic heterocycles. The van der Waals surface area contributed by atoms with Crippen molar-refractivity contribution >= 4 is 6.09 Å². The topological polar surface area (TPSA) is 120 Å². The minimum atomic E-state index is -1.53. The fourth-order valence-corrected chi connectivity index (χ4v) is 6.71. The summed E-state index contributed by atoms with van der Waals surface area (Å²) in [5.74, 6) is 0. The summed E-state index contributed by atoms with van der Waals surface area (Å²) in [5, 5.41) is 41.0. The summed E-state index contributed by atoms with van der Waals surface area (Å²) in [7, 11) is 0. The minimum Gasteiger partial charge on any atom is -0.446 e. The predicted molar refractivity (Wildman–Crippen MR) is 192 cm³/mol. The minimum absolute atomic E-state index is 0.283. The SMILES string of the molecule is CCCCCCCCCCCCCCCCCCC(C)OC(=O)N(CCCCCCCCCCCC)C1O[C@H](CO)[C@@H](O)[C@H](O)[C@@H]1O. The van der Waals surface area contributed by atoms with Crippen molar-refractivity contribution in [1.29, 1.82) is 0 Å². The zero-order chi connectivity index (χ0) is 34.5. The van der Waals surface area contributed by atoms with E-state index in [0.717, 1.165) is 38.5 Å². The molecule has 4 N–H and O–H groups in total. The van der Waals surface area contributed by atoms with Crippen LogP contribution in [0.5, 0.6) is 0 Å². The van der Waals surface area contributed by atoms with Gasteiger partial charge in [-0.15, -0.1) is 0 Å². The van der Waals surface area contributed by atoms with Crippen LogP contribution >= 0.6 is 0 Å². The van der Waals surface area contributed by atoms with Crippen molar-refractivity contribution in [3.63, 3.8) is 0 Å². The molecule has 6 atom stereocenters. The van der Waals surface area contributed by atoms with Crippen molar-refractivity contribution in [2.45, 2.75) is 231 Å². The van der Waals surface area contributed by atoms with Crippen molar-refractivity contribution < 1.29 is 34.7 Å². The molecule has 1 saturated heterocycles. The van der Waals surface area contributed by atoms with Gasteiger partial charge in [-0.2, -0.15) is 0 Å². The van der Waals surface area contributed by atoms with Crippen LogP contribution in [0.1, 0.15) is 194 Å². The number of amides is 1. The zero-order valence-electron chi connectivity index (χ0n) is 30.9. The van der Waals surface area contributed by atoms with E-state index in [-0.39, 0.29) is 6.10 Å². The van der Waals surface area contributed by atoms with E-state index in [9.17, 15) is 25.2 Å². The maximum Gasteiger partial charge on any atom is 0.412 e. The molecule has 2 unspecified atom stereocenters. The molecule has 0 aromatic rings. The van der Waals surface area contributed by atoms with Gasteiger partial charge >= 0.3 is 6.09 Å². The van der Waals surface area contributed by atoms with E-state index in [1.165, 1.54) is 133 Å². The standard InChI is InChI=1S/C39H77NO7/c1-4-6-8-10-12-14-16-17-18-19-20-21-22-24-26-28-30-33(3)46-39(45)40(31-29-27-25-23-15-13-11-9-7-5-2)38-37(44)36(43)35(42)34(32-41)47-38/h33-38,41-44H,4-32H2,1-3H3/t33?,34-,35-,36+,37+,38?/m1/s1. The molecule has 0 radical (unpaired) electrons. The molecule has 1 heterocycles. The number of hydrogen-bond donors (Lipinski definition) is 4. The lowest BCUT2D eigenvalue weighted by molar-refractivity contribution is -0.259. The second-order valence-corrected chi connectivity index (χ2v) is 14.4. The van der Waals surface area contributed by atoms with E-state index in [0.29, 0.717) is 13.0 Å². The second-order valence-electron chi connectivity index (χ2n) is 14.4. The summed E-state index contributed by atoms with van der Waals surface area (Å²) < 4.78 is 11.5. The Kier molecular flexibility index (Phi) is 28.1. The van der Waals surface area contributed by atoms with Crippen molar-refractivity contribution in [2.75, 3.05) is 13.2 Å². The Morgan fingerprint density at radius 2 is 0.979 bits per heavy atom. The molecule has 0 aliphatic carbocycles. The molecular weight excluding hydrogens is 594 g/mol. The molecule has 1 amide bonds. The summed E-state index contributed by atoms with van der Waals surface area (Å²) in [4.78, 5) is 14.7. The van der Waals surface area contributed by atoms with Crippen LogP contribution in [0.2, 0.25) is 0 Å². The first-order valence-electron chi connectivity index (χ1n) is 20.1. The maximum atomic E-state index is 13.4. The van der Waals surface area contributed by atoms with E-state index in [1.54, 1.807) is 0 Å². The molecule has 1 aliphatic rings. The number of carbonyl (C=O) groups excluding carboxylic acids is 1. The number of rotatable bonds is 31. The maximum absolute atomic E-state index is 13.4. The third kappa shape index (κ3) is 21.0. The third-order valence-corrected chi connectivity index (χ3v) is 9.93. The van der Waals surface area contributed by atoms with Crippen molar-refractivity contribution in [3.8, 4) is 0 Å². The van der Waals surface area contributed by atoms with Gasteiger partial charge in [0.05, 0.1) is 6.61 Å². The van der Waals surface area contributed by atoms with Gasteiger partial charge in [-0.3, -0.25) is 4.90 Å². The van der Waals surface area contributed by atoms with Crippen molar-refractivity contribution in [2.24, 2.45) is 0 Å². The van der Waals surface area contributed by atoms with Crippen LogP contribution in [-0.4, -0.2) is 81.3 Å². The highest BCUT2D eigenvalue weighted by molar-refractivity contribution is 5.68. The van der Waals surface area contributed by atoms with Crippen LogP contribution in [0.4, 0.5) is 4.79 Å². The van der Waals surface area contributed by atoms with Gasteiger partial charge in [0.15, 0.2) is 6.23 Å². The summed E-state index contributed by atoms with van der Waals surface area (Å²) in [6, 6.07) is 0. The Morgan fingerprint density at radius 3 is 1.38 bits per heavy atom. The molecular formula is C39H77NO7. The first kappa shape index (κ1) is 44.1. The third-order valence-electron chi connectivity index (χ3n) is 9.93. The lowest BCUT2D eigenvalue weighted by Gasteiger charge is -2.44. The molecule has 280 valence electrons. The Labute approximate surface area is 289 Å². The summed E-state index contributed by atoms with van der Waals surface area (Å²) in [5.41, 5.74) is 0. The van der Waals surface area contributed by atoms with Crippen LogP contribution < -0.4 is 0 Å². The van der Waals surface area contributed by atoms with E-state index < -0.39 is 43.3 Å². The number of carbonyl (C=O) groups is 1.